The minimum Gasteiger partial charge on any atom is -0.481 e. The molecule has 22 heteroatoms. The molecule has 0 radical (unpaired) electrons. The Labute approximate surface area is 435 Å². The molecule has 3 aromatic heterocycles. The van der Waals surface area contributed by atoms with Crippen molar-refractivity contribution in [3.63, 3.8) is 0 Å². The van der Waals surface area contributed by atoms with Crippen molar-refractivity contribution in [2.24, 2.45) is 0 Å². The number of anilines is 6. The molecule has 6 aliphatic rings. The van der Waals surface area contributed by atoms with Gasteiger partial charge in [0.15, 0.2) is 0 Å². The van der Waals surface area contributed by atoms with Crippen molar-refractivity contribution in [3.8, 4) is 0 Å². The Bertz CT molecular complexity index is 3040. The van der Waals surface area contributed by atoms with Gasteiger partial charge in [0.2, 0.25) is 0 Å². The molecule has 0 spiro atoms. The summed E-state index contributed by atoms with van der Waals surface area (Å²) in [4.78, 5) is 37.2. The molecule has 6 atom stereocenters. The Kier molecular flexibility index (Phi) is 15.5. The number of aliphatic carboxylic acids is 1. The largest absolute Gasteiger partial charge is 0.481 e. The fourth-order valence-electron chi connectivity index (χ4n) is 10.7. The van der Waals surface area contributed by atoms with Gasteiger partial charge < -0.3 is 53.6 Å². The predicted molar refractivity (Wildman–Crippen MR) is 281 cm³/mol. The number of H-pyrrole nitrogens is 1. The summed E-state index contributed by atoms with van der Waals surface area (Å²) < 4.78 is 2.78. The summed E-state index contributed by atoms with van der Waals surface area (Å²) in [7, 11) is 0. The lowest BCUT2D eigenvalue weighted by Gasteiger charge is -2.27. The lowest BCUT2D eigenvalue weighted by molar-refractivity contribution is -0.139. The second-order valence-corrected chi connectivity index (χ2v) is 20.4. The molecule has 3 aromatic carbocycles. The van der Waals surface area contributed by atoms with Crippen LogP contribution >= 0.6 is 34.8 Å². The normalized spacial score (nSPS) is 22.0. The van der Waals surface area contributed by atoms with Gasteiger partial charge >= 0.3 is 5.97 Å². The molecule has 14 N–H and O–H groups in total. The lowest BCUT2D eigenvalue weighted by Crippen LogP contribution is -2.30. The minimum atomic E-state index is -0.782. The maximum atomic E-state index is 13.2. The SMILES string of the molecule is Nc1c2c(nn1C(=O)C1CCNc3c(Cl)cccc31)CC[C@@H](O)C2.Nc1n[nH]c2c1C[C@H](O)CC2.Nc1nn(C(=O)C2CCNc3c(Cl)cccc32)c2c1C[C@H](O)CC2.O=C(O)C1CCNc2c(Cl)cccc21. The maximum absolute atomic E-state index is 13.2. The number of nitrogens with one attached hydrogen (secondary N) is 4. The summed E-state index contributed by atoms with van der Waals surface area (Å²) >= 11 is 18.4. The smallest absolute Gasteiger partial charge is 0.311 e. The van der Waals surface area contributed by atoms with Crippen LogP contribution in [0.5, 0.6) is 0 Å². The lowest BCUT2D eigenvalue weighted by atomic mass is 9.89. The van der Waals surface area contributed by atoms with Crippen molar-refractivity contribution >= 4 is 87.1 Å². The van der Waals surface area contributed by atoms with Crippen LogP contribution in [-0.2, 0) is 43.3 Å². The summed E-state index contributed by atoms with van der Waals surface area (Å²) in [6.45, 7) is 2.02. The molecule has 6 heterocycles. The number of rotatable bonds is 3. The molecule has 0 saturated carbocycles. The van der Waals surface area contributed by atoms with Crippen LogP contribution in [0.25, 0.3) is 0 Å². The highest BCUT2D eigenvalue weighted by molar-refractivity contribution is 6.34. The highest BCUT2D eigenvalue weighted by Crippen LogP contribution is 2.41. The zero-order chi connectivity index (χ0) is 51.7. The first-order chi connectivity index (χ1) is 35.1. The van der Waals surface area contributed by atoms with Gasteiger partial charge in [-0.05, 0) is 92.7 Å². The molecular weight excluding hydrogens is 999 g/mol. The molecule has 3 aliphatic heterocycles. The van der Waals surface area contributed by atoms with Crippen molar-refractivity contribution in [2.45, 2.75) is 113 Å². The molecule has 3 unspecified atom stereocenters. The monoisotopic (exact) mass is 1060 g/mol. The van der Waals surface area contributed by atoms with E-state index in [2.05, 4.69) is 36.3 Å². The van der Waals surface area contributed by atoms with Crippen LogP contribution in [0.1, 0.15) is 116 Å². The fourth-order valence-corrected chi connectivity index (χ4v) is 11.4. The number of aromatic amines is 1. The third-order valence-corrected chi connectivity index (χ3v) is 15.4. The quantitative estimate of drug-likeness (QED) is 0.0892. The Morgan fingerprint density at radius 3 is 1.58 bits per heavy atom. The summed E-state index contributed by atoms with van der Waals surface area (Å²) in [5.41, 5.74) is 28.1. The second-order valence-electron chi connectivity index (χ2n) is 19.1. The molecule has 0 fully saturated rings. The molecule has 386 valence electrons. The number of fused-ring (bicyclic) bond motifs is 6. The van der Waals surface area contributed by atoms with E-state index in [0.717, 1.165) is 80.4 Å². The number of aromatic nitrogens is 6. The van der Waals surface area contributed by atoms with Crippen molar-refractivity contribution in [2.75, 3.05) is 52.8 Å². The number of carbonyl (C=O) groups excluding carboxylic acids is 2. The maximum Gasteiger partial charge on any atom is 0.311 e. The van der Waals surface area contributed by atoms with Gasteiger partial charge in [0, 0.05) is 61.3 Å². The Morgan fingerprint density at radius 2 is 1.03 bits per heavy atom. The summed E-state index contributed by atoms with van der Waals surface area (Å²) in [6, 6.07) is 16.5. The number of carboxylic acid groups (broad SMARTS) is 1. The van der Waals surface area contributed by atoms with E-state index < -0.39 is 24.1 Å². The Balaban J connectivity index is 0.000000126. The van der Waals surface area contributed by atoms with E-state index in [9.17, 15) is 29.7 Å². The number of para-hydroxylation sites is 3. The van der Waals surface area contributed by atoms with Crippen molar-refractivity contribution in [1.82, 2.24) is 29.8 Å². The number of benzene rings is 3. The van der Waals surface area contributed by atoms with E-state index in [0.29, 0.717) is 116 Å². The molecule has 6 aromatic rings. The molecule has 0 bridgehead atoms. The van der Waals surface area contributed by atoms with Crippen molar-refractivity contribution < 1.29 is 34.8 Å². The van der Waals surface area contributed by atoms with Gasteiger partial charge in [0.25, 0.3) is 11.8 Å². The number of aliphatic hydroxyl groups is 3. The van der Waals surface area contributed by atoms with Crippen LogP contribution in [0, 0.1) is 0 Å². The summed E-state index contributed by atoms with van der Waals surface area (Å²) in [5.74, 6) is -0.804. The van der Waals surface area contributed by atoms with E-state index in [4.69, 9.17) is 57.1 Å². The number of halogens is 3. The summed E-state index contributed by atoms with van der Waals surface area (Å²) in [6.07, 6.45) is 6.70. The van der Waals surface area contributed by atoms with Gasteiger partial charge in [-0.2, -0.15) is 14.9 Å². The molecule has 0 saturated heterocycles. The van der Waals surface area contributed by atoms with E-state index in [1.807, 2.05) is 42.5 Å². The van der Waals surface area contributed by atoms with Crippen LogP contribution in [0.15, 0.2) is 54.6 Å². The van der Waals surface area contributed by atoms with Crippen LogP contribution in [0.4, 0.5) is 34.5 Å². The number of hydrogen-bond donors (Lipinski definition) is 11. The number of nitrogen functional groups attached to an aromatic ring is 3. The first-order valence-corrected chi connectivity index (χ1v) is 25.7. The van der Waals surface area contributed by atoms with Gasteiger partial charge in [-0.1, -0.05) is 71.2 Å². The molecular formula is C51H59Cl3N12O7. The number of nitrogens with zero attached hydrogens (tertiary/aromatic N) is 5. The van der Waals surface area contributed by atoms with Gasteiger partial charge in [-0.15, -0.1) is 5.10 Å². The van der Waals surface area contributed by atoms with Crippen LogP contribution in [0.3, 0.4) is 0 Å². The number of aliphatic hydroxyl groups excluding tert-OH is 3. The predicted octanol–water partition coefficient (Wildman–Crippen LogP) is 6.58. The number of aryl methyl sites for hydroxylation is 2. The molecule has 12 rings (SSSR count). The van der Waals surface area contributed by atoms with Crippen molar-refractivity contribution in [1.29, 1.82) is 0 Å². The Morgan fingerprint density at radius 1 is 0.562 bits per heavy atom. The van der Waals surface area contributed by atoms with Gasteiger partial charge in [0.05, 0.1) is 79.6 Å². The van der Waals surface area contributed by atoms with Gasteiger partial charge in [-0.25, -0.2) is 4.68 Å². The fraction of sp³-hybridized carbons (Fsp3) is 0.412. The zero-order valence-electron chi connectivity index (χ0n) is 39.9. The highest BCUT2D eigenvalue weighted by Gasteiger charge is 2.35. The van der Waals surface area contributed by atoms with E-state index in [1.165, 1.54) is 9.36 Å². The first kappa shape index (κ1) is 51.5. The van der Waals surface area contributed by atoms with Crippen LogP contribution in [-0.4, -0.2) is 106 Å². The molecule has 0 amide bonds. The average molecular weight is 1060 g/mol. The third kappa shape index (κ3) is 10.7. The number of carbonyl (C=O) groups is 3. The molecule has 3 aliphatic carbocycles. The molecule has 19 nitrogen and oxygen atoms in total. The van der Waals surface area contributed by atoms with E-state index in [1.54, 1.807) is 12.1 Å². The van der Waals surface area contributed by atoms with Crippen LogP contribution < -0.4 is 33.2 Å². The number of nitrogens with two attached hydrogens (primary N) is 3. The topological polar surface area (TPSA) is 311 Å². The van der Waals surface area contributed by atoms with Crippen LogP contribution in [0.2, 0.25) is 15.1 Å². The molecule has 73 heavy (non-hydrogen) atoms. The third-order valence-electron chi connectivity index (χ3n) is 14.5. The van der Waals surface area contributed by atoms with Crippen molar-refractivity contribution in [3.05, 3.63) is 120 Å². The zero-order valence-corrected chi connectivity index (χ0v) is 42.2. The number of carboxylic acids is 1. The minimum absolute atomic E-state index is 0.0793. The van der Waals surface area contributed by atoms with Gasteiger partial charge in [-0.3, -0.25) is 19.5 Å². The average Bonchev–Trinajstić information content (AvgIpc) is 4.04. The highest BCUT2D eigenvalue weighted by atomic mass is 35.5. The van der Waals surface area contributed by atoms with E-state index >= 15 is 0 Å². The first-order valence-electron chi connectivity index (χ1n) is 24.6. The second kappa shape index (κ2) is 22.0. The van der Waals surface area contributed by atoms with E-state index in [-0.39, 0.29) is 29.8 Å². The summed E-state index contributed by atoms with van der Waals surface area (Å²) in [5, 5.41) is 64.9. The Hall–Kier alpha value is -6.35. The number of hydrogen-bond acceptors (Lipinski definition) is 15. The van der Waals surface area contributed by atoms with Gasteiger partial charge in [0.1, 0.15) is 17.5 Å². The standard InChI is InChI=1S/2C17H19ClN4O2.C10H10ClNO2.C7H11N3O/c18-13-3-1-2-10-11(6-7-20-15(10)13)17(24)22-14-5-4-9(23)8-12(14)16(19)21-22;18-13-3-1-2-10-11(6-7-20-15(10)13)17(24)22-16(19)12-8-9(23)4-5-14(12)21-22;11-8-3-1-2-6-7(10(13)14)4-5-12-9(6)8;8-7-5-3-4(11)1-2-6(5)9-10-7/h1-3,9,11,20,23H,4-8H2,(H2,19,21);1-3,9,11,20,23H,4-8,19H2;1-3,7,12H,4-5H2,(H,13,14);4,11H,1-3H2,(H3,8,9,10)/t2*9-,11?;;4-/m11.1/s1.